The van der Waals surface area contributed by atoms with Gasteiger partial charge in [0, 0.05) is 12.6 Å². The van der Waals surface area contributed by atoms with E-state index >= 15 is 0 Å². The van der Waals surface area contributed by atoms with E-state index < -0.39 is 0 Å². The van der Waals surface area contributed by atoms with Crippen LogP contribution in [0.2, 0.25) is 0 Å². The quantitative estimate of drug-likeness (QED) is 0.717. The minimum atomic E-state index is 0.423. The summed E-state index contributed by atoms with van der Waals surface area (Å²) in [6.07, 6.45) is 4.19. The summed E-state index contributed by atoms with van der Waals surface area (Å²) >= 11 is 0. The Kier molecular flexibility index (Phi) is 4.41. The van der Waals surface area contributed by atoms with Crippen molar-refractivity contribution in [2.45, 2.75) is 26.8 Å². The molecule has 1 nitrogen and oxygen atoms in total. The summed E-state index contributed by atoms with van der Waals surface area (Å²) < 4.78 is 0. The molecule has 0 spiro atoms. The zero-order chi connectivity index (χ0) is 10.4. The summed E-state index contributed by atoms with van der Waals surface area (Å²) in [5.74, 6) is 0. The smallest absolute Gasteiger partial charge is 0.0294 e. The lowest BCUT2D eigenvalue weighted by Gasteiger charge is -2.12. The summed E-state index contributed by atoms with van der Waals surface area (Å²) in [6.45, 7) is 7.28. The first-order valence-electron chi connectivity index (χ1n) is 5.15. The van der Waals surface area contributed by atoms with Gasteiger partial charge in [-0.1, -0.05) is 42.0 Å². The van der Waals surface area contributed by atoms with Gasteiger partial charge in [-0.25, -0.2) is 0 Å². The second-order valence-corrected chi connectivity index (χ2v) is 3.61. The molecular formula is C13H19N. The minimum absolute atomic E-state index is 0.423. The van der Waals surface area contributed by atoms with Gasteiger partial charge in [-0.15, -0.1) is 0 Å². The highest BCUT2D eigenvalue weighted by Crippen LogP contribution is 2.12. The highest BCUT2D eigenvalue weighted by Gasteiger charge is 2.01. The third kappa shape index (κ3) is 3.35. The van der Waals surface area contributed by atoms with Crippen molar-refractivity contribution in [1.29, 1.82) is 0 Å². The van der Waals surface area contributed by atoms with Crippen molar-refractivity contribution in [3.63, 3.8) is 0 Å². The van der Waals surface area contributed by atoms with Crippen LogP contribution in [0.4, 0.5) is 0 Å². The summed E-state index contributed by atoms with van der Waals surface area (Å²) in [4.78, 5) is 0. The maximum Gasteiger partial charge on any atom is 0.0294 e. The fourth-order valence-electron chi connectivity index (χ4n) is 1.34. The van der Waals surface area contributed by atoms with Crippen LogP contribution in [0.5, 0.6) is 0 Å². The van der Waals surface area contributed by atoms with Crippen LogP contribution in [0.1, 0.15) is 31.0 Å². The van der Waals surface area contributed by atoms with E-state index in [-0.39, 0.29) is 0 Å². The van der Waals surface area contributed by atoms with Gasteiger partial charge in [0.25, 0.3) is 0 Å². The molecule has 0 aliphatic rings. The molecule has 0 aromatic heterocycles. The number of benzene rings is 1. The standard InChI is InChI=1S/C13H19N/c1-4-5-10-14-12(3)13-8-6-11(2)7-9-13/h4-9,12,14H,10H2,1-3H3/b5-4+. The van der Waals surface area contributed by atoms with Crippen LogP contribution >= 0.6 is 0 Å². The second-order valence-electron chi connectivity index (χ2n) is 3.61. The molecule has 1 aromatic carbocycles. The molecule has 0 bridgehead atoms. The highest BCUT2D eigenvalue weighted by molar-refractivity contribution is 5.23. The molecule has 1 N–H and O–H groups in total. The van der Waals surface area contributed by atoms with E-state index in [1.165, 1.54) is 11.1 Å². The van der Waals surface area contributed by atoms with Gasteiger partial charge in [0.2, 0.25) is 0 Å². The van der Waals surface area contributed by atoms with Crippen molar-refractivity contribution in [2.24, 2.45) is 0 Å². The lowest BCUT2D eigenvalue weighted by molar-refractivity contribution is 0.617. The average molecular weight is 189 g/mol. The van der Waals surface area contributed by atoms with Crippen molar-refractivity contribution in [3.05, 3.63) is 47.5 Å². The van der Waals surface area contributed by atoms with Gasteiger partial charge in [-0.2, -0.15) is 0 Å². The summed E-state index contributed by atoms with van der Waals surface area (Å²) in [5.41, 5.74) is 2.66. The van der Waals surface area contributed by atoms with E-state index in [1.807, 2.05) is 6.92 Å². The minimum Gasteiger partial charge on any atom is -0.307 e. The van der Waals surface area contributed by atoms with Gasteiger partial charge in [0.1, 0.15) is 0 Å². The van der Waals surface area contributed by atoms with Crippen LogP contribution in [0.15, 0.2) is 36.4 Å². The lowest BCUT2D eigenvalue weighted by atomic mass is 10.1. The van der Waals surface area contributed by atoms with Gasteiger partial charge >= 0.3 is 0 Å². The molecule has 76 valence electrons. The van der Waals surface area contributed by atoms with E-state index in [0.29, 0.717) is 6.04 Å². The van der Waals surface area contributed by atoms with Crippen molar-refractivity contribution < 1.29 is 0 Å². The molecule has 0 aliphatic carbocycles. The first-order chi connectivity index (χ1) is 6.74. The molecule has 1 rings (SSSR count). The Labute approximate surface area is 86.8 Å². The van der Waals surface area contributed by atoms with E-state index in [0.717, 1.165) is 6.54 Å². The second kappa shape index (κ2) is 5.61. The summed E-state index contributed by atoms with van der Waals surface area (Å²) in [5, 5.41) is 3.43. The Hall–Kier alpha value is -1.08. The number of aryl methyl sites for hydroxylation is 1. The predicted molar refractivity (Wildman–Crippen MR) is 62.4 cm³/mol. The molecule has 0 saturated heterocycles. The number of rotatable bonds is 4. The topological polar surface area (TPSA) is 12.0 Å². The Bertz CT molecular complexity index is 285. The summed E-state index contributed by atoms with van der Waals surface area (Å²) in [6, 6.07) is 9.10. The van der Waals surface area contributed by atoms with Crippen LogP contribution in [0.3, 0.4) is 0 Å². The van der Waals surface area contributed by atoms with Gasteiger partial charge in [0.05, 0.1) is 0 Å². The molecular weight excluding hydrogens is 170 g/mol. The average Bonchev–Trinajstić information content (AvgIpc) is 2.19. The molecule has 0 saturated carbocycles. The first kappa shape index (κ1) is 11.0. The van der Waals surface area contributed by atoms with Crippen molar-refractivity contribution >= 4 is 0 Å². The Morgan fingerprint density at radius 2 is 1.93 bits per heavy atom. The van der Waals surface area contributed by atoms with Crippen LogP contribution in [-0.2, 0) is 0 Å². The van der Waals surface area contributed by atoms with E-state index in [2.05, 4.69) is 55.6 Å². The normalized spacial score (nSPS) is 13.4. The molecule has 0 heterocycles. The maximum absolute atomic E-state index is 3.43. The van der Waals surface area contributed by atoms with Crippen molar-refractivity contribution in [3.8, 4) is 0 Å². The molecule has 1 aromatic rings. The zero-order valence-electron chi connectivity index (χ0n) is 9.25. The molecule has 1 atom stereocenters. The number of allylic oxidation sites excluding steroid dienone is 1. The van der Waals surface area contributed by atoms with Crippen LogP contribution in [-0.4, -0.2) is 6.54 Å². The van der Waals surface area contributed by atoms with Crippen molar-refractivity contribution in [1.82, 2.24) is 5.32 Å². The predicted octanol–water partition coefficient (Wildman–Crippen LogP) is 3.22. The molecule has 0 amide bonds. The number of nitrogens with one attached hydrogen (secondary N) is 1. The van der Waals surface area contributed by atoms with E-state index in [4.69, 9.17) is 0 Å². The molecule has 0 fully saturated rings. The van der Waals surface area contributed by atoms with E-state index in [1.54, 1.807) is 0 Å². The van der Waals surface area contributed by atoms with Gasteiger partial charge < -0.3 is 5.32 Å². The number of hydrogen-bond acceptors (Lipinski definition) is 1. The Morgan fingerprint density at radius 1 is 1.29 bits per heavy atom. The fraction of sp³-hybridized carbons (Fsp3) is 0.385. The first-order valence-corrected chi connectivity index (χ1v) is 5.15. The van der Waals surface area contributed by atoms with Crippen molar-refractivity contribution in [2.75, 3.05) is 6.54 Å². The largest absolute Gasteiger partial charge is 0.307 e. The Morgan fingerprint density at radius 3 is 2.50 bits per heavy atom. The molecule has 1 unspecified atom stereocenters. The van der Waals surface area contributed by atoms with Crippen LogP contribution in [0, 0.1) is 6.92 Å². The van der Waals surface area contributed by atoms with Crippen LogP contribution < -0.4 is 5.32 Å². The zero-order valence-corrected chi connectivity index (χ0v) is 9.25. The summed E-state index contributed by atoms with van der Waals surface area (Å²) in [7, 11) is 0. The number of hydrogen-bond donors (Lipinski definition) is 1. The van der Waals surface area contributed by atoms with Gasteiger partial charge in [-0.3, -0.25) is 0 Å². The maximum atomic E-state index is 3.43. The third-order valence-electron chi connectivity index (χ3n) is 2.35. The van der Waals surface area contributed by atoms with E-state index in [9.17, 15) is 0 Å². The van der Waals surface area contributed by atoms with Gasteiger partial charge in [-0.05, 0) is 26.3 Å². The lowest BCUT2D eigenvalue weighted by Crippen LogP contribution is -2.18. The monoisotopic (exact) mass is 189 g/mol. The SMILES string of the molecule is C/C=C/CNC(C)c1ccc(C)cc1. The van der Waals surface area contributed by atoms with Gasteiger partial charge in [0.15, 0.2) is 0 Å². The molecule has 14 heavy (non-hydrogen) atoms. The third-order valence-corrected chi connectivity index (χ3v) is 2.35. The molecule has 1 heteroatoms. The molecule has 0 radical (unpaired) electrons. The van der Waals surface area contributed by atoms with Crippen LogP contribution in [0.25, 0.3) is 0 Å². The highest BCUT2D eigenvalue weighted by atomic mass is 14.9. The Balaban J connectivity index is 2.51. The fourth-order valence-corrected chi connectivity index (χ4v) is 1.34. The molecule has 0 aliphatic heterocycles.